The molecule has 1 atom stereocenters. The largest absolute Gasteiger partial charge is 0.444 e. The summed E-state index contributed by atoms with van der Waals surface area (Å²) in [5, 5.41) is 13.5. The molecule has 0 bridgehead atoms. The Morgan fingerprint density at radius 2 is 1.65 bits per heavy atom. The molecule has 0 saturated heterocycles. The number of alkyl carbamates (subject to hydrolysis) is 1. The van der Waals surface area contributed by atoms with E-state index in [0.29, 0.717) is 53.0 Å². The van der Waals surface area contributed by atoms with Crippen molar-refractivity contribution in [3.8, 4) is 11.8 Å². The molecule has 4 heterocycles. The molecule has 15 heteroatoms. The Kier molecular flexibility index (Phi) is 13.3. The van der Waals surface area contributed by atoms with Crippen LogP contribution in [0.15, 0.2) is 36.3 Å². The molecule has 0 fully saturated rings. The number of aliphatic hydroxyl groups excluding tert-OH is 1. The van der Waals surface area contributed by atoms with Gasteiger partial charge in [0.15, 0.2) is 11.6 Å². The first-order chi connectivity index (χ1) is 24.0. The average molecular weight is 711 g/mol. The van der Waals surface area contributed by atoms with Gasteiger partial charge in [0.2, 0.25) is 0 Å². The van der Waals surface area contributed by atoms with Crippen molar-refractivity contribution in [1.29, 1.82) is 0 Å². The number of aliphatic hydroxyl groups is 1. The molecule has 1 aliphatic rings. The predicted molar refractivity (Wildman–Crippen MR) is 196 cm³/mol. The number of fused-ring (bicyclic) bond motifs is 3. The van der Waals surface area contributed by atoms with Crippen LogP contribution in [0, 0.1) is 5.82 Å². The zero-order chi connectivity index (χ0) is 38.3. The first-order valence-electron chi connectivity index (χ1n) is 17.1. The van der Waals surface area contributed by atoms with E-state index in [-0.39, 0.29) is 23.3 Å². The number of benzene rings is 1. The quantitative estimate of drug-likeness (QED) is 0.178. The molecule has 1 aliphatic heterocycles. The second-order valence-electron chi connectivity index (χ2n) is 13.2. The van der Waals surface area contributed by atoms with Crippen LogP contribution in [0.2, 0.25) is 0 Å². The van der Waals surface area contributed by atoms with Gasteiger partial charge < -0.3 is 29.2 Å². The minimum atomic E-state index is -0.857. The van der Waals surface area contributed by atoms with Gasteiger partial charge in [-0.3, -0.25) is 10.2 Å². The molecule has 278 valence electrons. The number of hydrogen-bond donors (Lipinski definition) is 3. The van der Waals surface area contributed by atoms with Crippen LogP contribution >= 0.6 is 0 Å². The number of ether oxygens (including phenoxy) is 3. The molecule has 4 aromatic rings. The predicted octanol–water partition coefficient (Wildman–Crippen LogP) is 7.93. The van der Waals surface area contributed by atoms with E-state index in [9.17, 15) is 14.7 Å². The van der Waals surface area contributed by atoms with Crippen molar-refractivity contribution >= 4 is 45.6 Å². The Morgan fingerprint density at radius 1 is 1.02 bits per heavy atom. The molecule has 0 saturated carbocycles. The number of halogens is 1. The van der Waals surface area contributed by atoms with E-state index in [4.69, 9.17) is 19.2 Å². The van der Waals surface area contributed by atoms with Crippen LogP contribution < -0.4 is 19.9 Å². The molecule has 1 unspecified atom stereocenters. The summed E-state index contributed by atoms with van der Waals surface area (Å²) < 4.78 is 32.1. The Bertz CT molecular complexity index is 1850. The number of rotatable bonds is 6. The van der Waals surface area contributed by atoms with Gasteiger partial charge in [-0.2, -0.15) is 9.97 Å². The third-order valence-corrected chi connectivity index (χ3v) is 6.89. The molecule has 1 aromatic carbocycles. The lowest BCUT2D eigenvalue weighted by Gasteiger charge is -2.29. The van der Waals surface area contributed by atoms with Gasteiger partial charge in [0.25, 0.3) is 0 Å². The molecular weight excluding hydrogens is 659 g/mol. The highest BCUT2D eigenvalue weighted by Crippen LogP contribution is 2.39. The summed E-state index contributed by atoms with van der Waals surface area (Å²) in [6.07, 6.45) is 3.04. The Morgan fingerprint density at radius 3 is 2.20 bits per heavy atom. The van der Waals surface area contributed by atoms with Gasteiger partial charge in [-0.05, 0) is 66.7 Å². The highest BCUT2D eigenvalue weighted by molar-refractivity contribution is 6.16. The van der Waals surface area contributed by atoms with Gasteiger partial charge in [-0.25, -0.2) is 23.9 Å². The molecule has 3 N–H and O–H groups in total. The first kappa shape index (κ1) is 40.4. The smallest absolute Gasteiger partial charge is 0.414 e. The van der Waals surface area contributed by atoms with E-state index < -0.39 is 35.3 Å². The van der Waals surface area contributed by atoms with Crippen molar-refractivity contribution in [3.63, 3.8) is 0 Å². The molecule has 0 spiro atoms. The summed E-state index contributed by atoms with van der Waals surface area (Å²) in [6, 6.07) is 2.55. The minimum Gasteiger partial charge on any atom is -0.444 e. The fourth-order valence-electron chi connectivity index (χ4n) is 4.88. The summed E-state index contributed by atoms with van der Waals surface area (Å²) in [7, 11) is 1.50. The van der Waals surface area contributed by atoms with Crippen LogP contribution in [-0.2, 0) is 9.47 Å². The lowest BCUT2D eigenvalue weighted by Crippen LogP contribution is -2.36. The Hall–Kier alpha value is -5.05. The summed E-state index contributed by atoms with van der Waals surface area (Å²) in [6.45, 7) is 20.9. The van der Waals surface area contributed by atoms with E-state index in [1.807, 2.05) is 38.7 Å². The number of aromatic nitrogens is 5. The number of carbonyl (C=O) groups excluding carboxylic acids is 2. The number of amides is 2. The third kappa shape index (κ3) is 10.5. The number of H-pyrrole nitrogens is 1. The van der Waals surface area contributed by atoms with Crippen molar-refractivity contribution in [2.45, 2.75) is 99.9 Å². The maximum Gasteiger partial charge on any atom is 0.414 e. The third-order valence-electron chi connectivity index (χ3n) is 6.89. The maximum atomic E-state index is 15.2. The zero-order valence-electron chi connectivity index (χ0n) is 31.6. The summed E-state index contributed by atoms with van der Waals surface area (Å²) in [4.78, 5) is 49.3. The van der Waals surface area contributed by atoms with Crippen LogP contribution in [0.25, 0.3) is 21.9 Å². The number of hydrogen-bond acceptors (Lipinski definition) is 11. The molecular formula is C36H51FN8O6. The standard InChI is InChI=1S/C32H39FN8O6.2C2H6/c1-17(42)25-34-15-20(16-35-25)45-28-38-26-23(27(39-28)41-11-9-19(10-12-41)36-29(43)46-31(2,3)4)21-13-18(33)14-22(24(21)37-26)40(8)30(44)47-32(5,6)7;2*1-2/h9,13-17,42H,10-12H2,1-8H3,(H,36,43)(H,37,38,39);2*1-2H3. The van der Waals surface area contributed by atoms with Gasteiger partial charge >= 0.3 is 18.2 Å². The molecule has 3 aromatic heterocycles. The summed E-state index contributed by atoms with van der Waals surface area (Å²) in [5.41, 5.74) is 0.291. The van der Waals surface area contributed by atoms with Crippen molar-refractivity contribution in [3.05, 3.63) is 47.9 Å². The fraction of sp³-hybridized carbons (Fsp3) is 0.500. The monoisotopic (exact) mass is 710 g/mol. The van der Waals surface area contributed by atoms with Crippen LogP contribution in [0.3, 0.4) is 0 Å². The first-order valence-corrected chi connectivity index (χ1v) is 17.1. The molecule has 0 radical (unpaired) electrons. The van der Waals surface area contributed by atoms with E-state index >= 15 is 4.39 Å². The van der Waals surface area contributed by atoms with Crippen LogP contribution in [-0.4, -0.2) is 73.6 Å². The van der Waals surface area contributed by atoms with Gasteiger partial charge in [0.05, 0.1) is 29.0 Å². The molecule has 2 amide bonds. The highest BCUT2D eigenvalue weighted by atomic mass is 19.1. The van der Waals surface area contributed by atoms with Crippen molar-refractivity contribution in [2.75, 3.05) is 29.9 Å². The van der Waals surface area contributed by atoms with Gasteiger partial charge in [-0.1, -0.05) is 27.7 Å². The Balaban J connectivity index is 0.00000169. The number of nitrogens with zero attached hydrogens (tertiary/aromatic N) is 6. The zero-order valence-corrected chi connectivity index (χ0v) is 31.6. The van der Waals surface area contributed by atoms with Gasteiger partial charge in [0, 0.05) is 37.6 Å². The maximum absolute atomic E-state index is 15.2. The van der Waals surface area contributed by atoms with Gasteiger partial charge in [0.1, 0.15) is 34.6 Å². The molecule has 14 nitrogen and oxygen atoms in total. The van der Waals surface area contributed by atoms with Crippen LogP contribution in [0.4, 0.5) is 25.5 Å². The van der Waals surface area contributed by atoms with Gasteiger partial charge in [-0.15, -0.1) is 0 Å². The van der Waals surface area contributed by atoms with E-state index in [1.54, 1.807) is 48.5 Å². The second-order valence-corrected chi connectivity index (χ2v) is 13.2. The van der Waals surface area contributed by atoms with E-state index in [0.717, 1.165) is 0 Å². The van der Waals surface area contributed by atoms with Crippen molar-refractivity contribution < 1.29 is 33.3 Å². The van der Waals surface area contributed by atoms with Crippen LogP contribution in [0.5, 0.6) is 11.8 Å². The number of aromatic amines is 1. The summed E-state index contributed by atoms with van der Waals surface area (Å²) in [5.74, 6) is 0.314. The average Bonchev–Trinajstić information content (AvgIpc) is 3.42. The Labute approximate surface area is 298 Å². The topological polar surface area (TPSA) is 168 Å². The number of carbonyl (C=O) groups is 2. The molecule has 0 aliphatic carbocycles. The number of nitrogens with one attached hydrogen (secondary N) is 2. The lowest BCUT2D eigenvalue weighted by molar-refractivity contribution is 0.0541. The van der Waals surface area contributed by atoms with Crippen molar-refractivity contribution in [2.24, 2.45) is 0 Å². The SMILES string of the molecule is CC.CC.CC(O)c1ncc(Oc2nc(N3CC=C(NC(=O)OC(C)(C)C)CC3)c3c(n2)[nH]c2c(N(C)C(=O)OC(C)(C)C)cc(F)cc23)cn1. The number of anilines is 2. The normalized spacial score (nSPS) is 13.6. The highest BCUT2D eigenvalue weighted by Gasteiger charge is 2.27. The minimum absolute atomic E-state index is 0.0448. The van der Waals surface area contributed by atoms with Crippen molar-refractivity contribution in [1.82, 2.24) is 30.2 Å². The molecule has 51 heavy (non-hydrogen) atoms. The van der Waals surface area contributed by atoms with E-state index in [1.165, 1.54) is 36.5 Å². The van der Waals surface area contributed by atoms with Crippen LogP contribution in [0.1, 0.15) is 94.5 Å². The summed E-state index contributed by atoms with van der Waals surface area (Å²) >= 11 is 0. The molecule has 5 rings (SSSR count). The lowest BCUT2D eigenvalue weighted by atomic mass is 10.1. The van der Waals surface area contributed by atoms with E-state index in [2.05, 4.69) is 25.3 Å². The second kappa shape index (κ2) is 16.8. The fourth-order valence-corrected chi connectivity index (χ4v) is 4.88.